The Hall–Kier alpha value is -2.71. The lowest BCUT2D eigenvalue weighted by atomic mass is 10.0. The molecule has 0 spiro atoms. The number of anilines is 1. The van der Waals surface area contributed by atoms with Crippen LogP contribution < -0.4 is 10.2 Å². The van der Waals surface area contributed by atoms with Crippen LogP contribution in [0.5, 0.6) is 0 Å². The molecule has 2 amide bonds. The van der Waals surface area contributed by atoms with Crippen LogP contribution in [0.4, 0.5) is 5.69 Å². The minimum absolute atomic E-state index is 0.0646. The Labute approximate surface area is 190 Å². The number of amides is 2. The van der Waals surface area contributed by atoms with Gasteiger partial charge < -0.3 is 10.2 Å². The van der Waals surface area contributed by atoms with Gasteiger partial charge in [0, 0.05) is 30.9 Å². The van der Waals surface area contributed by atoms with Crippen LogP contribution in [0.3, 0.4) is 0 Å². The molecule has 0 saturated heterocycles. The number of nitrogens with one attached hydrogen (secondary N) is 1. The third-order valence-corrected chi connectivity index (χ3v) is 7.86. The molecule has 2 aromatic carbocycles. The number of carbonyl (C=O) groups is 2. The first-order valence-corrected chi connectivity index (χ1v) is 12.4. The van der Waals surface area contributed by atoms with Crippen molar-refractivity contribution in [2.24, 2.45) is 5.92 Å². The van der Waals surface area contributed by atoms with Gasteiger partial charge >= 0.3 is 0 Å². The molecule has 0 aliphatic carbocycles. The number of nitrogens with zero attached hydrogens (tertiary/aromatic N) is 2. The largest absolute Gasteiger partial charge is 0.340 e. The standard InChI is InChI=1S/C24H31N3O4S/c1-5-26(6-2)32(30,31)20-12-9-11-19(16-20)23(28)25-22(17(3)4)24(29)27-15-14-18-10-7-8-13-21(18)27/h7-13,16-17,22H,5-6,14-15H2,1-4H3,(H,25,28)/t22-/m0/s1. The highest BCUT2D eigenvalue weighted by molar-refractivity contribution is 7.89. The molecule has 172 valence electrons. The first-order valence-electron chi connectivity index (χ1n) is 11.0. The van der Waals surface area contributed by atoms with Crippen molar-refractivity contribution in [3.8, 4) is 0 Å². The summed E-state index contributed by atoms with van der Waals surface area (Å²) >= 11 is 0. The Morgan fingerprint density at radius 1 is 1.06 bits per heavy atom. The highest BCUT2D eigenvalue weighted by Crippen LogP contribution is 2.28. The summed E-state index contributed by atoms with van der Waals surface area (Å²) in [5, 5.41) is 2.84. The van der Waals surface area contributed by atoms with Gasteiger partial charge in [0.05, 0.1) is 4.90 Å². The number of rotatable bonds is 8. The van der Waals surface area contributed by atoms with Gasteiger partial charge in [-0.15, -0.1) is 0 Å². The van der Waals surface area contributed by atoms with Crippen LogP contribution in [0.2, 0.25) is 0 Å². The van der Waals surface area contributed by atoms with Gasteiger partial charge in [-0.05, 0) is 42.2 Å². The molecule has 32 heavy (non-hydrogen) atoms. The number of carbonyl (C=O) groups excluding carboxylic acids is 2. The summed E-state index contributed by atoms with van der Waals surface area (Å²) in [6.07, 6.45) is 0.784. The summed E-state index contributed by atoms with van der Waals surface area (Å²) in [4.78, 5) is 28.1. The first kappa shape index (κ1) is 23.9. The van der Waals surface area contributed by atoms with Crippen molar-refractivity contribution in [1.29, 1.82) is 0 Å². The van der Waals surface area contributed by atoms with Crippen molar-refractivity contribution >= 4 is 27.5 Å². The monoisotopic (exact) mass is 457 g/mol. The minimum atomic E-state index is -3.69. The average molecular weight is 458 g/mol. The van der Waals surface area contributed by atoms with Crippen molar-refractivity contribution in [2.75, 3.05) is 24.5 Å². The Balaban J connectivity index is 1.83. The SMILES string of the molecule is CCN(CC)S(=O)(=O)c1cccc(C(=O)N[C@H](C(=O)N2CCc3ccccc32)C(C)C)c1. The molecular formula is C24H31N3O4S. The van der Waals surface area contributed by atoms with Crippen molar-refractivity contribution in [1.82, 2.24) is 9.62 Å². The van der Waals surface area contributed by atoms with E-state index in [-0.39, 0.29) is 22.3 Å². The number of para-hydroxylation sites is 1. The molecular weight excluding hydrogens is 426 g/mol. The van der Waals surface area contributed by atoms with E-state index < -0.39 is 22.0 Å². The predicted molar refractivity (Wildman–Crippen MR) is 125 cm³/mol. The molecule has 1 N–H and O–H groups in total. The predicted octanol–water partition coefficient (Wildman–Crippen LogP) is 3.06. The van der Waals surface area contributed by atoms with Crippen LogP contribution in [-0.2, 0) is 21.2 Å². The lowest BCUT2D eigenvalue weighted by molar-refractivity contribution is -0.121. The smallest absolute Gasteiger partial charge is 0.251 e. The molecule has 1 aliphatic rings. The van der Waals surface area contributed by atoms with Crippen molar-refractivity contribution in [3.05, 3.63) is 59.7 Å². The van der Waals surface area contributed by atoms with Gasteiger partial charge in [0.25, 0.3) is 5.91 Å². The quantitative estimate of drug-likeness (QED) is 0.660. The molecule has 0 aromatic heterocycles. The second kappa shape index (κ2) is 9.83. The number of fused-ring (bicyclic) bond motifs is 1. The molecule has 1 atom stereocenters. The number of hydrogen-bond donors (Lipinski definition) is 1. The third kappa shape index (κ3) is 4.71. The van der Waals surface area contributed by atoms with Crippen molar-refractivity contribution < 1.29 is 18.0 Å². The van der Waals surface area contributed by atoms with Gasteiger partial charge in [-0.25, -0.2) is 8.42 Å². The van der Waals surface area contributed by atoms with Crippen LogP contribution in [0.1, 0.15) is 43.6 Å². The zero-order valence-corrected chi connectivity index (χ0v) is 19.9. The maximum absolute atomic E-state index is 13.3. The lowest BCUT2D eigenvalue weighted by Gasteiger charge is -2.27. The molecule has 0 saturated carbocycles. The average Bonchev–Trinajstić information content (AvgIpc) is 3.21. The molecule has 3 rings (SSSR count). The molecule has 0 fully saturated rings. The molecule has 0 bridgehead atoms. The number of hydrogen-bond acceptors (Lipinski definition) is 4. The van der Waals surface area contributed by atoms with E-state index >= 15 is 0 Å². The highest BCUT2D eigenvalue weighted by Gasteiger charge is 2.33. The van der Waals surface area contributed by atoms with E-state index in [4.69, 9.17) is 0 Å². The summed E-state index contributed by atoms with van der Waals surface area (Å²) in [7, 11) is -3.69. The van der Waals surface area contributed by atoms with E-state index in [9.17, 15) is 18.0 Å². The van der Waals surface area contributed by atoms with E-state index in [1.807, 2.05) is 38.1 Å². The van der Waals surface area contributed by atoms with Gasteiger partial charge in [0.1, 0.15) is 6.04 Å². The van der Waals surface area contributed by atoms with E-state index in [1.54, 1.807) is 30.9 Å². The topological polar surface area (TPSA) is 86.8 Å². The Kier molecular flexibility index (Phi) is 7.36. The van der Waals surface area contributed by atoms with E-state index in [0.717, 1.165) is 17.7 Å². The summed E-state index contributed by atoms with van der Waals surface area (Å²) in [5.74, 6) is -0.770. The maximum Gasteiger partial charge on any atom is 0.251 e. The van der Waals surface area contributed by atoms with Gasteiger partial charge in [0.15, 0.2) is 0 Å². The Morgan fingerprint density at radius 3 is 2.41 bits per heavy atom. The first-order chi connectivity index (χ1) is 15.2. The molecule has 2 aromatic rings. The summed E-state index contributed by atoms with van der Waals surface area (Å²) in [6, 6.07) is 13.0. The zero-order chi connectivity index (χ0) is 23.5. The van der Waals surface area contributed by atoms with Crippen LogP contribution in [0.15, 0.2) is 53.4 Å². The molecule has 1 aliphatic heterocycles. The Bertz CT molecular complexity index is 1090. The molecule has 0 unspecified atom stereocenters. The van der Waals surface area contributed by atoms with E-state index in [0.29, 0.717) is 19.6 Å². The minimum Gasteiger partial charge on any atom is -0.340 e. The van der Waals surface area contributed by atoms with E-state index in [1.165, 1.54) is 16.4 Å². The maximum atomic E-state index is 13.3. The Morgan fingerprint density at radius 2 is 1.75 bits per heavy atom. The fourth-order valence-electron chi connectivity index (χ4n) is 3.98. The molecule has 7 nitrogen and oxygen atoms in total. The van der Waals surface area contributed by atoms with Crippen molar-refractivity contribution in [3.63, 3.8) is 0 Å². The van der Waals surface area contributed by atoms with Gasteiger partial charge in [-0.3, -0.25) is 9.59 Å². The molecule has 1 heterocycles. The van der Waals surface area contributed by atoms with Crippen LogP contribution in [0.25, 0.3) is 0 Å². The third-order valence-electron chi connectivity index (χ3n) is 5.81. The van der Waals surface area contributed by atoms with Crippen LogP contribution >= 0.6 is 0 Å². The van der Waals surface area contributed by atoms with Gasteiger partial charge in [0.2, 0.25) is 15.9 Å². The highest BCUT2D eigenvalue weighted by atomic mass is 32.2. The normalized spacial score (nSPS) is 14.5. The fraction of sp³-hybridized carbons (Fsp3) is 0.417. The van der Waals surface area contributed by atoms with Crippen molar-refractivity contribution in [2.45, 2.75) is 45.1 Å². The van der Waals surface area contributed by atoms with Gasteiger partial charge in [-0.2, -0.15) is 4.31 Å². The van der Waals surface area contributed by atoms with Gasteiger partial charge in [-0.1, -0.05) is 52.0 Å². The van der Waals surface area contributed by atoms with Crippen LogP contribution in [0, 0.1) is 5.92 Å². The molecule has 0 radical (unpaired) electrons. The van der Waals surface area contributed by atoms with Crippen LogP contribution in [-0.4, -0.2) is 50.2 Å². The lowest BCUT2D eigenvalue weighted by Crippen LogP contribution is -2.51. The summed E-state index contributed by atoms with van der Waals surface area (Å²) in [5.41, 5.74) is 2.20. The van der Waals surface area contributed by atoms with E-state index in [2.05, 4.69) is 5.32 Å². The second-order valence-corrected chi connectivity index (χ2v) is 10.1. The number of benzene rings is 2. The summed E-state index contributed by atoms with van der Waals surface area (Å²) in [6.45, 7) is 8.57. The fourth-order valence-corrected chi connectivity index (χ4v) is 5.49. The molecule has 8 heteroatoms. The summed E-state index contributed by atoms with van der Waals surface area (Å²) < 4.78 is 27.0. The number of sulfonamides is 1. The zero-order valence-electron chi connectivity index (χ0n) is 19.0. The second-order valence-electron chi connectivity index (χ2n) is 8.18.